The van der Waals surface area contributed by atoms with Crippen LogP contribution in [0.3, 0.4) is 0 Å². The van der Waals surface area contributed by atoms with Gasteiger partial charge in [0.1, 0.15) is 5.60 Å². The number of rotatable bonds is 7. The first-order valence-electron chi connectivity index (χ1n) is 9.19. The van der Waals surface area contributed by atoms with Gasteiger partial charge in [-0.05, 0) is 43.9 Å². The van der Waals surface area contributed by atoms with Gasteiger partial charge in [-0.3, -0.25) is 0 Å². The standard InChI is InChI=1S/C20H28O4/c1-3-4-5-6-7-15-8-10-16(11-9-15)19(21)24-18-14-22-17-12-13-23-20(17,18)2/h8-11,17-18H,3-7,12-14H2,1-2H3. The second kappa shape index (κ2) is 7.66. The van der Waals surface area contributed by atoms with Crippen molar-refractivity contribution in [2.24, 2.45) is 0 Å². The van der Waals surface area contributed by atoms with Crippen LogP contribution in [0.5, 0.6) is 0 Å². The highest BCUT2D eigenvalue weighted by Crippen LogP contribution is 2.38. The van der Waals surface area contributed by atoms with Gasteiger partial charge in [0.05, 0.1) is 24.9 Å². The minimum Gasteiger partial charge on any atom is -0.453 e. The molecule has 2 aliphatic heterocycles. The molecule has 3 rings (SSSR count). The van der Waals surface area contributed by atoms with Crippen molar-refractivity contribution < 1.29 is 19.0 Å². The fraction of sp³-hybridized carbons (Fsp3) is 0.650. The average Bonchev–Trinajstić information content (AvgIpc) is 3.10. The monoisotopic (exact) mass is 332 g/mol. The molecular formula is C20H28O4. The highest BCUT2D eigenvalue weighted by Gasteiger charge is 2.54. The number of ether oxygens (including phenoxy) is 3. The van der Waals surface area contributed by atoms with Crippen LogP contribution >= 0.6 is 0 Å². The molecule has 0 radical (unpaired) electrons. The molecule has 0 aliphatic carbocycles. The van der Waals surface area contributed by atoms with Crippen LogP contribution in [-0.2, 0) is 20.6 Å². The minimum absolute atomic E-state index is 0.0424. The lowest BCUT2D eigenvalue weighted by Crippen LogP contribution is -2.44. The van der Waals surface area contributed by atoms with Gasteiger partial charge in [-0.25, -0.2) is 4.79 Å². The zero-order valence-corrected chi connectivity index (χ0v) is 14.8. The van der Waals surface area contributed by atoms with Crippen molar-refractivity contribution in [1.82, 2.24) is 0 Å². The molecule has 24 heavy (non-hydrogen) atoms. The van der Waals surface area contributed by atoms with Gasteiger partial charge in [-0.2, -0.15) is 0 Å². The molecule has 0 amide bonds. The van der Waals surface area contributed by atoms with E-state index in [4.69, 9.17) is 14.2 Å². The fourth-order valence-electron chi connectivity index (χ4n) is 3.60. The summed E-state index contributed by atoms with van der Waals surface area (Å²) in [7, 11) is 0. The molecule has 3 unspecified atom stereocenters. The molecule has 3 atom stereocenters. The molecule has 2 heterocycles. The third-order valence-electron chi connectivity index (χ3n) is 5.28. The van der Waals surface area contributed by atoms with Crippen molar-refractivity contribution in [1.29, 1.82) is 0 Å². The Morgan fingerprint density at radius 3 is 2.79 bits per heavy atom. The van der Waals surface area contributed by atoms with Crippen LogP contribution in [0, 0.1) is 0 Å². The highest BCUT2D eigenvalue weighted by atomic mass is 16.6. The Labute approximate surface area is 144 Å². The number of hydrogen-bond donors (Lipinski definition) is 0. The summed E-state index contributed by atoms with van der Waals surface area (Å²) in [6.07, 6.45) is 6.66. The third-order valence-corrected chi connectivity index (χ3v) is 5.28. The first-order valence-corrected chi connectivity index (χ1v) is 9.19. The van der Waals surface area contributed by atoms with Gasteiger partial charge in [0.25, 0.3) is 0 Å². The van der Waals surface area contributed by atoms with E-state index in [0.717, 1.165) is 12.8 Å². The zero-order chi connectivity index (χ0) is 17.0. The summed E-state index contributed by atoms with van der Waals surface area (Å²) < 4.78 is 17.2. The van der Waals surface area contributed by atoms with E-state index < -0.39 is 5.60 Å². The van der Waals surface area contributed by atoms with Gasteiger partial charge in [-0.15, -0.1) is 0 Å². The van der Waals surface area contributed by atoms with E-state index in [1.807, 2.05) is 31.2 Å². The maximum Gasteiger partial charge on any atom is 0.338 e. The van der Waals surface area contributed by atoms with E-state index in [-0.39, 0.29) is 18.2 Å². The van der Waals surface area contributed by atoms with Crippen molar-refractivity contribution in [3.05, 3.63) is 35.4 Å². The summed E-state index contributed by atoms with van der Waals surface area (Å²) in [5.41, 5.74) is 1.38. The number of unbranched alkanes of at least 4 members (excludes halogenated alkanes) is 3. The van der Waals surface area contributed by atoms with Crippen molar-refractivity contribution >= 4 is 5.97 Å². The molecule has 0 spiro atoms. The van der Waals surface area contributed by atoms with Gasteiger partial charge in [0, 0.05) is 0 Å². The summed E-state index contributed by atoms with van der Waals surface area (Å²) in [6.45, 7) is 5.29. The molecule has 0 bridgehead atoms. The lowest BCUT2D eigenvalue weighted by molar-refractivity contribution is -0.0723. The summed E-state index contributed by atoms with van der Waals surface area (Å²) >= 11 is 0. The zero-order valence-electron chi connectivity index (χ0n) is 14.8. The molecule has 0 aromatic heterocycles. The highest BCUT2D eigenvalue weighted by molar-refractivity contribution is 5.89. The maximum absolute atomic E-state index is 12.4. The molecule has 2 aliphatic rings. The number of hydrogen-bond acceptors (Lipinski definition) is 4. The largest absolute Gasteiger partial charge is 0.453 e. The van der Waals surface area contributed by atoms with E-state index in [2.05, 4.69) is 6.92 Å². The summed E-state index contributed by atoms with van der Waals surface area (Å²) in [4.78, 5) is 12.4. The third kappa shape index (κ3) is 3.65. The molecule has 2 fully saturated rings. The molecule has 4 nitrogen and oxygen atoms in total. The number of esters is 1. The summed E-state index contributed by atoms with van der Waals surface area (Å²) in [5, 5.41) is 0. The maximum atomic E-state index is 12.4. The summed E-state index contributed by atoms with van der Waals surface area (Å²) in [6, 6.07) is 7.79. The van der Waals surface area contributed by atoms with Crippen LogP contribution in [0.25, 0.3) is 0 Å². The van der Waals surface area contributed by atoms with Crippen LogP contribution < -0.4 is 0 Å². The van der Waals surface area contributed by atoms with Gasteiger partial charge in [0.2, 0.25) is 0 Å². The quantitative estimate of drug-likeness (QED) is 0.561. The average molecular weight is 332 g/mol. The number of benzene rings is 1. The number of fused-ring (bicyclic) bond motifs is 1. The Balaban J connectivity index is 1.54. The first kappa shape index (κ1) is 17.4. The van der Waals surface area contributed by atoms with Gasteiger partial charge >= 0.3 is 5.97 Å². The topological polar surface area (TPSA) is 44.8 Å². The number of carbonyl (C=O) groups is 1. The second-order valence-electron chi connectivity index (χ2n) is 7.04. The molecule has 132 valence electrons. The van der Waals surface area contributed by atoms with E-state index in [1.54, 1.807) is 0 Å². The molecule has 0 saturated carbocycles. The Hall–Kier alpha value is -1.39. The van der Waals surface area contributed by atoms with Crippen molar-refractivity contribution in [3.63, 3.8) is 0 Å². The SMILES string of the molecule is CCCCCCc1ccc(C(=O)OC2COC3CCOC32C)cc1. The molecular weight excluding hydrogens is 304 g/mol. The number of carbonyl (C=O) groups excluding carboxylic acids is 1. The van der Waals surface area contributed by atoms with Gasteiger partial charge < -0.3 is 14.2 Å². The van der Waals surface area contributed by atoms with Crippen LogP contribution in [0.15, 0.2) is 24.3 Å². The second-order valence-corrected chi connectivity index (χ2v) is 7.04. The molecule has 1 aromatic rings. The predicted molar refractivity (Wildman–Crippen MR) is 92.2 cm³/mol. The van der Waals surface area contributed by atoms with Crippen molar-refractivity contribution in [2.45, 2.75) is 70.2 Å². The Bertz CT molecular complexity index is 553. The Morgan fingerprint density at radius 2 is 2.04 bits per heavy atom. The molecule has 2 saturated heterocycles. The lowest BCUT2D eigenvalue weighted by Gasteiger charge is -2.27. The van der Waals surface area contributed by atoms with Crippen LogP contribution in [0.4, 0.5) is 0 Å². The normalized spacial score (nSPS) is 28.8. The van der Waals surface area contributed by atoms with Crippen molar-refractivity contribution in [2.75, 3.05) is 13.2 Å². The first-order chi connectivity index (χ1) is 11.6. The van der Waals surface area contributed by atoms with E-state index >= 15 is 0 Å². The van der Waals surface area contributed by atoms with E-state index in [1.165, 1.54) is 31.2 Å². The molecule has 1 aromatic carbocycles. The van der Waals surface area contributed by atoms with Crippen molar-refractivity contribution in [3.8, 4) is 0 Å². The van der Waals surface area contributed by atoms with Gasteiger partial charge in [-0.1, -0.05) is 38.3 Å². The fourth-order valence-corrected chi connectivity index (χ4v) is 3.60. The Kier molecular flexibility index (Phi) is 5.57. The van der Waals surface area contributed by atoms with E-state index in [0.29, 0.717) is 18.8 Å². The van der Waals surface area contributed by atoms with E-state index in [9.17, 15) is 4.79 Å². The van der Waals surface area contributed by atoms with Crippen LogP contribution in [0.2, 0.25) is 0 Å². The summed E-state index contributed by atoms with van der Waals surface area (Å²) in [5.74, 6) is -0.293. The number of aryl methyl sites for hydroxylation is 1. The van der Waals surface area contributed by atoms with Gasteiger partial charge in [0.15, 0.2) is 6.10 Å². The lowest BCUT2D eigenvalue weighted by atomic mass is 9.96. The van der Waals surface area contributed by atoms with Crippen LogP contribution in [0.1, 0.15) is 61.9 Å². The predicted octanol–water partition coefficient (Wildman–Crippen LogP) is 3.91. The smallest absolute Gasteiger partial charge is 0.338 e. The minimum atomic E-state index is -0.491. The molecule has 4 heteroatoms. The molecule has 0 N–H and O–H groups in total. The van der Waals surface area contributed by atoms with Crippen LogP contribution in [-0.4, -0.2) is 37.0 Å². The Morgan fingerprint density at radius 1 is 1.25 bits per heavy atom.